The Bertz CT molecular complexity index is 463. The van der Waals surface area contributed by atoms with Gasteiger partial charge in [0, 0.05) is 17.3 Å². The lowest BCUT2D eigenvalue weighted by atomic mass is 10.1. The molecule has 0 spiro atoms. The molecule has 2 aromatic rings. The van der Waals surface area contributed by atoms with Crippen molar-refractivity contribution in [3.63, 3.8) is 0 Å². The van der Waals surface area contributed by atoms with Crippen LogP contribution in [0.5, 0.6) is 0 Å². The number of rotatable bonds is 2. The molecule has 15 heavy (non-hydrogen) atoms. The average Bonchev–Trinajstić information content (AvgIpc) is 2.31. The van der Waals surface area contributed by atoms with Crippen molar-refractivity contribution in [1.82, 2.24) is 4.98 Å². The molecule has 0 saturated heterocycles. The van der Waals surface area contributed by atoms with Crippen LogP contribution in [0.2, 0.25) is 0 Å². The van der Waals surface area contributed by atoms with Crippen molar-refractivity contribution in [2.75, 3.05) is 0 Å². The van der Waals surface area contributed by atoms with Gasteiger partial charge in [-0.3, -0.25) is 4.98 Å². The van der Waals surface area contributed by atoms with Crippen LogP contribution in [-0.2, 0) is 0 Å². The second kappa shape index (κ2) is 4.37. The summed E-state index contributed by atoms with van der Waals surface area (Å²) < 4.78 is 0. The van der Waals surface area contributed by atoms with Gasteiger partial charge in [-0.2, -0.15) is 5.10 Å². The number of pyridine rings is 1. The summed E-state index contributed by atoms with van der Waals surface area (Å²) >= 11 is 0. The summed E-state index contributed by atoms with van der Waals surface area (Å²) in [5.41, 5.74) is 2.93. The summed E-state index contributed by atoms with van der Waals surface area (Å²) in [4.78, 5) is 4.29. The van der Waals surface area contributed by atoms with Crippen molar-refractivity contribution >= 4 is 6.21 Å². The Morgan fingerprint density at radius 3 is 2.60 bits per heavy atom. The number of benzene rings is 1. The molecule has 0 aliphatic carbocycles. The third-order valence-corrected chi connectivity index (χ3v) is 2.12. The Hall–Kier alpha value is -2.16. The Morgan fingerprint density at radius 2 is 1.87 bits per heavy atom. The molecule has 1 heterocycles. The Kier molecular flexibility index (Phi) is 2.74. The molecule has 0 saturated carbocycles. The number of nitrogens with zero attached hydrogens (tertiary/aromatic N) is 2. The summed E-state index contributed by atoms with van der Waals surface area (Å²) in [6.07, 6.45) is 3.40. The zero-order valence-electron chi connectivity index (χ0n) is 8.17. The lowest BCUT2D eigenvalue weighted by Gasteiger charge is -2.03. The molecular weight excluding hydrogens is 186 g/mol. The predicted octanol–water partition coefficient (Wildman–Crippen LogP) is 2.04. The molecule has 2 N–H and O–H groups in total. The molecule has 2 rings (SSSR count). The van der Waals surface area contributed by atoms with Gasteiger partial charge in [-0.25, -0.2) is 0 Å². The highest BCUT2D eigenvalue weighted by Gasteiger charge is 2.02. The van der Waals surface area contributed by atoms with Crippen molar-refractivity contribution in [1.29, 1.82) is 0 Å². The van der Waals surface area contributed by atoms with Gasteiger partial charge in [0.05, 0.1) is 11.9 Å². The second-order valence-corrected chi connectivity index (χ2v) is 3.08. The molecule has 0 atom stereocenters. The fraction of sp³-hybridized carbons (Fsp3) is 0. The zero-order valence-corrected chi connectivity index (χ0v) is 8.17. The third kappa shape index (κ3) is 2.02. The molecule has 0 amide bonds. The molecule has 1 aromatic carbocycles. The van der Waals surface area contributed by atoms with E-state index >= 15 is 0 Å². The maximum atomic E-state index is 5.16. The summed E-state index contributed by atoms with van der Waals surface area (Å²) in [5.74, 6) is 5.16. The first-order valence-electron chi connectivity index (χ1n) is 4.65. The van der Waals surface area contributed by atoms with Gasteiger partial charge in [-0.15, -0.1) is 0 Å². The van der Waals surface area contributed by atoms with E-state index in [-0.39, 0.29) is 0 Å². The van der Waals surface area contributed by atoms with Crippen LogP contribution in [0.3, 0.4) is 0 Å². The lowest BCUT2D eigenvalue weighted by Crippen LogP contribution is -1.91. The highest BCUT2D eigenvalue weighted by atomic mass is 15.1. The van der Waals surface area contributed by atoms with Crippen LogP contribution in [0.15, 0.2) is 53.8 Å². The molecular formula is C12H11N3. The zero-order chi connectivity index (χ0) is 10.5. The van der Waals surface area contributed by atoms with Crippen molar-refractivity contribution in [2.24, 2.45) is 10.9 Å². The summed E-state index contributed by atoms with van der Waals surface area (Å²) in [7, 11) is 0. The van der Waals surface area contributed by atoms with Crippen molar-refractivity contribution < 1.29 is 0 Å². The van der Waals surface area contributed by atoms with Gasteiger partial charge in [0.1, 0.15) is 0 Å². The summed E-state index contributed by atoms with van der Waals surface area (Å²) in [5, 5.41) is 3.54. The van der Waals surface area contributed by atoms with E-state index in [2.05, 4.69) is 10.1 Å². The average molecular weight is 197 g/mol. The molecule has 0 bridgehead atoms. The molecule has 0 aliphatic rings. The predicted molar refractivity (Wildman–Crippen MR) is 61.5 cm³/mol. The van der Waals surface area contributed by atoms with Crippen LogP contribution in [0.1, 0.15) is 5.56 Å². The molecule has 1 aromatic heterocycles. The highest BCUT2D eigenvalue weighted by molar-refractivity contribution is 5.89. The standard InChI is InChI=1S/C12H11N3/c13-15-9-10-5-1-2-6-11(10)12-7-3-4-8-14-12/h1-9H,13H2. The Balaban J connectivity index is 2.53. The minimum absolute atomic E-state index is 0.924. The van der Waals surface area contributed by atoms with Crippen LogP contribution in [0.4, 0.5) is 0 Å². The fourth-order valence-electron chi connectivity index (χ4n) is 1.45. The van der Waals surface area contributed by atoms with Gasteiger partial charge in [-0.1, -0.05) is 30.3 Å². The minimum Gasteiger partial charge on any atom is -0.323 e. The van der Waals surface area contributed by atoms with E-state index in [1.807, 2.05) is 42.5 Å². The maximum Gasteiger partial charge on any atom is 0.0708 e. The van der Waals surface area contributed by atoms with E-state index in [4.69, 9.17) is 5.84 Å². The highest BCUT2D eigenvalue weighted by Crippen LogP contribution is 2.19. The van der Waals surface area contributed by atoms with Crippen LogP contribution in [-0.4, -0.2) is 11.2 Å². The minimum atomic E-state index is 0.924. The van der Waals surface area contributed by atoms with Crippen LogP contribution in [0, 0.1) is 0 Å². The fourth-order valence-corrected chi connectivity index (χ4v) is 1.45. The largest absolute Gasteiger partial charge is 0.323 e. The molecule has 3 heteroatoms. The number of nitrogens with two attached hydrogens (primary N) is 1. The van der Waals surface area contributed by atoms with Gasteiger partial charge >= 0.3 is 0 Å². The third-order valence-electron chi connectivity index (χ3n) is 2.12. The lowest BCUT2D eigenvalue weighted by molar-refractivity contribution is 1.26. The normalized spacial score (nSPS) is 10.7. The first-order valence-corrected chi connectivity index (χ1v) is 4.65. The first kappa shape index (κ1) is 9.40. The van der Waals surface area contributed by atoms with E-state index in [0.29, 0.717) is 0 Å². The van der Waals surface area contributed by atoms with Crippen molar-refractivity contribution in [3.05, 3.63) is 54.2 Å². The SMILES string of the molecule is NN=Cc1ccccc1-c1ccccn1. The van der Waals surface area contributed by atoms with E-state index < -0.39 is 0 Å². The topological polar surface area (TPSA) is 51.3 Å². The molecule has 0 aliphatic heterocycles. The summed E-state index contributed by atoms with van der Waals surface area (Å²) in [6.45, 7) is 0. The second-order valence-electron chi connectivity index (χ2n) is 3.08. The van der Waals surface area contributed by atoms with Gasteiger partial charge in [-0.05, 0) is 12.1 Å². The number of aromatic nitrogens is 1. The van der Waals surface area contributed by atoms with E-state index in [1.54, 1.807) is 12.4 Å². The molecule has 0 unspecified atom stereocenters. The van der Waals surface area contributed by atoms with Crippen LogP contribution in [0.25, 0.3) is 11.3 Å². The van der Waals surface area contributed by atoms with Crippen molar-refractivity contribution in [2.45, 2.75) is 0 Å². The first-order chi connectivity index (χ1) is 7.42. The van der Waals surface area contributed by atoms with E-state index in [1.165, 1.54) is 0 Å². The van der Waals surface area contributed by atoms with Gasteiger partial charge in [0.25, 0.3) is 0 Å². The molecule has 0 radical (unpaired) electrons. The summed E-state index contributed by atoms with van der Waals surface area (Å²) in [6, 6.07) is 13.7. The van der Waals surface area contributed by atoms with E-state index in [0.717, 1.165) is 16.8 Å². The van der Waals surface area contributed by atoms with Crippen molar-refractivity contribution in [3.8, 4) is 11.3 Å². The van der Waals surface area contributed by atoms with Gasteiger partial charge in [0.2, 0.25) is 0 Å². The van der Waals surface area contributed by atoms with Gasteiger partial charge in [0.15, 0.2) is 0 Å². The number of hydrogen-bond donors (Lipinski definition) is 1. The number of hydrazone groups is 1. The molecule has 74 valence electrons. The molecule has 3 nitrogen and oxygen atoms in total. The maximum absolute atomic E-state index is 5.16. The van der Waals surface area contributed by atoms with Gasteiger partial charge < -0.3 is 5.84 Å². The monoisotopic (exact) mass is 197 g/mol. The number of hydrogen-bond acceptors (Lipinski definition) is 3. The Labute approximate surface area is 88.3 Å². The molecule has 0 fully saturated rings. The van der Waals surface area contributed by atoms with E-state index in [9.17, 15) is 0 Å². The quantitative estimate of drug-likeness (QED) is 0.455. The Morgan fingerprint density at radius 1 is 1.07 bits per heavy atom. The van der Waals surface area contributed by atoms with Crippen LogP contribution < -0.4 is 5.84 Å². The van der Waals surface area contributed by atoms with Crippen LogP contribution >= 0.6 is 0 Å². The smallest absolute Gasteiger partial charge is 0.0708 e.